The van der Waals surface area contributed by atoms with Crippen LogP contribution in [0.3, 0.4) is 0 Å². The molecule has 0 aliphatic heterocycles. The minimum absolute atomic E-state index is 0.121. The first kappa shape index (κ1) is 20.4. The maximum Gasteiger partial charge on any atom is 0.307 e. The van der Waals surface area contributed by atoms with Crippen LogP contribution < -0.4 is 15.5 Å². The third kappa shape index (κ3) is 5.52. The second-order valence-corrected chi connectivity index (χ2v) is 6.54. The summed E-state index contributed by atoms with van der Waals surface area (Å²) in [6.07, 6.45) is -0.121. The molecule has 0 saturated heterocycles. The van der Waals surface area contributed by atoms with Crippen molar-refractivity contribution in [1.29, 1.82) is 0 Å². The Morgan fingerprint density at radius 1 is 1.22 bits per heavy atom. The predicted molar refractivity (Wildman–Crippen MR) is 112 cm³/mol. The number of carboxylic acid groups (broad SMARTS) is 1. The summed E-state index contributed by atoms with van der Waals surface area (Å²) >= 11 is 5.32. The third-order valence-electron chi connectivity index (χ3n) is 4.08. The lowest BCUT2D eigenvalue weighted by Crippen LogP contribution is -2.25. The number of carbonyl (C=O) groups is 1. The Morgan fingerprint density at radius 2 is 1.89 bits per heavy atom. The van der Waals surface area contributed by atoms with Crippen LogP contribution in [-0.4, -0.2) is 29.0 Å². The molecule has 0 radical (unpaired) electrons. The Morgan fingerprint density at radius 3 is 2.48 bits per heavy atom. The molecular formula is C20H23N3O3S. The summed E-state index contributed by atoms with van der Waals surface area (Å²) in [7, 11) is 1.51. The van der Waals surface area contributed by atoms with Gasteiger partial charge in [-0.3, -0.25) is 10.2 Å². The first-order chi connectivity index (χ1) is 12.8. The number of aryl methyl sites for hydroxylation is 2. The molecule has 0 saturated carbocycles. The van der Waals surface area contributed by atoms with Crippen LogP contribution in [0.2, 0.25) is 0 Å². The molecular weight excluding hydrogens is 362 g/mol. The lowest BCUT2D eigenvalue weighted by molar-refractivity contribution is -0.136. The fourth-order valence-corrected chi connectivity index (χ4v) is 2.80. The fourth-order valence-electron chi connectivity index (χ4n) is 2.66. The highest BCUT2D eigenvalue weighted by molar-refractivity contribution is 7.80. The van der Waals surface area contributed by atoms with Gasteiger partial charge in [-0.05, 0) is 67.9 Å². The van der Waals surface area contributed by atoms with Gasteiger partial charge < -0.3 is 15.2 Å². The number of ether oxygens (including phenoxy) is 1. The van der Waals surface area contributed by atoms with Gasteiger partial charge in [-0.25, -0.2) is 0 Å². The first-order valence-corrected chi connectivity index (χ1v) is 8.79. The van der Waals surface area contributed by atoms with E-state index in [1.165, 1.54) is 7.11 Å². The molecule has 2 aromatic carbocycles. The molecule has 2 rings (SSSR count). The number of hydrogen-bond donors (Lipinski definition) is 3. The number of hydrazone groups is 1. The molecule has 2 aromatic rings. The largest absolute Gasteiger partial charge is 0.496 e. The zero-order valence-electron chi connectivity index (χ0n) is 15.8. The van der Waals surface area contributed by atoms with Gasteiger partial charge in [0, 0.05) is 11.3 Å². The SMILES string of the molecule is COc1ccc(/C(C)=N\NC(=S)Nc2c(C)cccc2C)cc1CC(=O)O. The molecule has 0 heterocycles. The van der Waals surface area contributed by atoms with Gasteiger partial charge in [-0.15, -0.1) is 0 Å². The van der Waals surface area contributed by atoms with Crippen molar-refractivity contribution < 1.29 is 14.6 Å². The third-order valence-corrected chi connectivity index (χ3v) is 4.28. The van der Waals surface area contributed by atoms with Crippen LogP contribution in [0.5, 0.6) is 5.75 Å². The van der Waals surface area contributed by atoms with E-state index in [0.717, 1.165) is 22.4 Å². The van der Waals surface area contributed by atoms with Crippen LogP contribution in [0.1, 0.15) is 29.2 Å². The summed E-state index contributed by atoms with van der Waals surface area (Å²) in [5.41, 5.74) is 8.02. The summed E-state index contributed by atoms with van der Waals surface area (Å²) in [5.74, 6) is -0.383. The van der Waals surface area contributed by atoms with Crippen LogP contribution in [0.15, 0.2) is 41.5 Å². The zero-order valence-corrected chi connectivity index (χ0v) is 16.6. The number of nitrogens with zero attached hydrogens (tertiary/aromatic N) is 1. The highest BCUT2D eigenvalue weighted by Gasteiger charge is 2.10. The van der Waals surface area contributed by atoms with E-state index in [-0.39, 0.29) is 6.42 Å². The minimum Gasteiger partial charge on any atom is -0.496 e. The summed E-state index contributed by atoms with van der Waals surface area (Å²) in [4.78, 5) is 11.0. The molecule has 142 valence electrons. The molecule has 27 heavy (non-hydrogen) atoms. The summed E-state index contributed by atoms with van der Waals surface area (Å²) in [6.45, 7) is 5.84. The average molecular weight is 385 g/mol. The van der Waals surface area contributed by atoms with Crippen molar-refractivity contribution in [3.63, 3.8) is 0 Å². The molecule has 0 spiro atoms. The predicted octanol–water partition coefficient (Wildman–Crippen LogP) is 3.65. The minimum atomic E-state index is -0.919. The smallest absolute Gasteiger partial charge is 0.307 e. The number of para-hydroxylation sites is 1. The van der Waals surface area contributed by atoms with E-state index in [1.807, 2.05) is 45.0 Å². The molecule has 7 heteroatoms. The van der Waals surface area contributed by atoms with Crippen molar-refractivity contribution in [3.05, 3.63) is 58.7 Å². The summed E-state index contributed by atoms with van der Waals surface area (Å²) in [6, 6.07) is 11.3. The highest BCUT2D eigenvalue weighted by Crippen LogP contribution is 2.21. The maximum absolute atomic E-state index is 11.0. The Hall–Kier alpha value is -2.93. The van der Waals surface area contributed by atoms with Gasteiger partial charge in [0.05, 0.1) is 19.2 Å². The van der Waals surface area contributed by atoms with Crippen molar-refractivity contribution in [2.24, 2.45) is 5.10 Å². The molecule has 0 amide bonds. The zero-order chi connectivity index (χ0) is 20.0. The van der Waals surface area contributed by atoms with Gasteiger partial charge in [0.25, 0.3) is 0 Å². The normalized spacial score (nSPS) is 11.0. The van der Waals surface area contributed by atoms with Crippen molar-refractivity contribution in [2.75, 3.05) is 12.4 Å². The lowest BCUT2D eigenvalue weighted by atomic mass is 10.0. The average Bonchev–Trinajstić information content (AvgIpc) is 2.62. The Labute approximate surface area is 164 Å². The van der Waals surface area contributed by atoms with E-state index in [4.69, 9.17) is 22.1 Å². The van der Waals surface area contributed by atoms with Crippen molar-refractivity contribution in [2.45, 2.75) is 27.2 Å². The van der Waals surface area contributed by atoms with Crippen molar-refractivity contribution in [1.82, 2.24) is 5.43 Å². The molecule has 0 aromatic heterocycles. The molecule has 0 aliphatic carbocycles. The van der Waals surface area contributed by atoms with Crippen molar-refractivity contribution >= 4 is 34.7 Å². The molecule has 0 fully saturated rings. The number of nitrogens with one attached hydrogen (secondary N) is 2. The van der Waals surface area contributed by atoms with E-state index in [2.05, 4.69) is 15.8 Å². The molecule has 3 N–H and O–H groups in total. The second-order valence-electron chi connectivity index (χ2n) is 6.13. The number of anilines is 1. The Kier molecular flexibility index (Phi) is 6.90. The number of methoxy groups -OCH3 is 1. The van der Waals surface area contributed by atoms with Gasteiger partial charge in [0.2, 0.25) is 0 Å². The fraction of sp³-hybridized carbons (Fsp3) is 0.250. The van der Waals surface area contributed by atoms with E-state index in [1.54, 1.807) is 12.1 Å². The van der Waals surface area contributed by atoms with Crippen LogP contribution in [-0.2, 0) is 11.2 Å². The molecule has 0 unspecified atom stereocenters. The Bertz CT molecular complexity index is 874. The topological polar surface area (TPSA) is 83.0 Å². The number of rotatable bonds is 6. The van der Waals surface area contributed by atoms with Gasteiger partial charge in [0.15, 0.2) is 5.11 Å². The number of carboxylic acids is 1. The van der Waals surface area contributed by atoms with Gasteiger partial charge >= 0.3 is 5.97 Å². The quantitative estimate of drug-likeness (QED) is 0.400. The number of hydrogen-bond acceptors (Lipinski definition) is 4. The highest BCUT2D eigenvalue weighted by atomic mass is 32.1. The Balaban J connectivity index is 2.13. The molecule has 0 aliphatic rings. The van der Waals surface area contributed by atoms with Gasteiger partial charge in [0.1, 0.15) is 5.75 Å². The van der Waals surface area contributed by atoms with E-state index >= 15 is 0 Å². The summed E-state index contributed by atoms with van der Waals surface area (Å²) in [5, 5.41) is 16.9. The van der Waals surface area contributed by atoms with Crippen LogP contribution in [0.25, 0.3) is 0 Å². The van der Waals surface area contributed by atoms with Gasteiger partial charge in [-0.1, -0.05) is 18.2 Å². The monoisotopic (exact) mass is 385 g/mol. The lowest BCUT2D eigenvalue weighted by Gasteiger charge is -2.13. The molecule has 0 bridgehead atoms. The maximum atomic E-state index is 11.0. The van der Waals surface area contributed by atoms with E-state index < -0.39 is 5.97 Å². The van der Waals surface area contributed by atoms with Crippen molar-refractivity contribution in [3.8, 4) is 5.75 Å². The molecule has 0 atom stereocenters. The van der Waals surface area contributed by atoms with E-state index in [9.17, 15) is 4.79 Å². The number of aliphatic carboxylic acids is 1. The van der Waals surface area contributed by atoms with Crippen LogP contribution in [0, 0.1) is 13.8 Å². The van der Waals surface area contributed by atoms with Gasteiger partial charge in [-0.2, -0.15) is 5.10 Å². The number of benzene rings is 2. The second kappa shape index (κ2) is 9.14. The van der Waals surface area contributed by atoms with Crippen LogP contribution in [0.4, 0.5) is 5.69 Å². The molecule has 6 nitrogen and oxygen atoms in total. The van der Waals surface area contributed by atoms with Crippen LogP contribution >= 0.6 is 12.2 Å². The van der Waals surface area contributed by atoms with E-state index in [0.29, 0.717) is 22.1 Å². The first-order valence-electron chi connectivity index (χ1n) is 8.38. The summed E-state index contributed by atoms with van der Waals surface area (Å²) < 4.78 is 5.22. The standard InChI is InChI=1S/C20H23N3O3S/c1-12-6-5-7-13(2)19(12)21-20(27)23-22-14(3)15-8-9-17(26-4)16(10-15)11-18(24)25/h5-10H,11H2,1-4H3,(H,24,25)(H2,21,23,27)/b22-14-. The number of thiocarbonyl (C=S) groups is 1.